The van der Waals surface area contributed by atoms with Gasteiger partial charge in [-0.15, -0.1) is 0 Å². The van der Waals surface area contributed by atoms with Gasteiger partial charge < -0.3 is 18.7 Å². The molecular weight excluding hydrogens is 428 g/mol. The van der Waals surface area contributed by atoms with Crippen molar-refractivity contribution in [2.75, 3.05) is 6.61 Å². The van der Waals surface area contributed by atoms with Gasteiger partial charge in [-0.1, -0.05) is 88.4 Å². The number of hydrogen-bond acceptors (Lipinski definition) is 4. The van der Waals surface area contributed by atoms with E-state index in [0.717, 1.165) is 36.4 Å². The average molecular weight is 471 g/mol. The molecule has 2 aromatic rings. The summed E-state index contributed by atoms with van der Waals surface area (Å²) in [5, 5.41) is 0. The summed E-state index contributed by atoms with van der Waals surface area (Å²) in [4.78, 5) is 11.5. The van der Waals surface area contributed by atoms with Crippen molar-refractivity contribution in [3.05, 3.63) is 71.8 Å². The molecule has 33 heavy (non-hydrogen) atoms. The van der Waals surface area contributed by atoms with E-state index in [2.05, 4.69) is 45.0 Å². The van der Waals surface area contributed by atoms with Crippen molar-refractivity contribution >= 4 is 14.6 Å². The smallest absolute Gasteiger partial charge is 0.192 e. The van der Waals surface area contributed by atoms with Gasteiger partial charge in [0.2, 0.25) is 0 Å². The van der Waals surface area contributed by atoms with Crippen LogP contribution in [0.25, 0.3) is 0 Å². The fraction of sp³-hybridized carbons (Fsp3) is 0.536. The predicted molar refractivity (Wildman–Crippen MR) is 138 cm³/mol. The highest BCUT2D eigenvalue weighted by Gasteiger charge is 2.36. The summed E-state index contributed by atoms with van der Waals surface area (Å²) in [6.45, 7) is 10.4. The number of rotatable bonds is 17. The summed E-state index contributed by atoms with van der Waals surface area (Å²) in [6.07, 6.45) is 2.19. The van der Waals surface area contributed by atoms with Gasteiger partial charge in [0.05, 0.1) is 25.4 Å². The van der Waals surface area contributed by atoms with Crippen molar-refractivity contribution in [3.63, 3.8) is 0 Å². The van der Waals surface area contributed by atoms with E-state index in [9.17, 15) is 4.79 Å². The van der Waals surface area contributed by atoms with Crippen molar-refractivity contribution < 1.29 is 18.7 Å². The quantitative estimate of drug-likeness (QED) is 0.145. The maximum Gasteiger partial charge on any atom is 0.192 e. The van der Waals surface area contributed by atoms with Crippen LogP contribution in [0.1, 0.15) is 51.7 Å². The molecule has 0 aliphatic carbocycles. The summed E-state index contributed by atoms with van der Waals surface area (Å²) in [5.74, 6) is -0.0805. The number of hydrogen-bond donors (Lipinski definition) is 0. The molecule has 0 saturated heterocycles. The zero-order chi connectivity index (χ0) is 23.9. The third-order valence-electron chi connectivity index (χ3n) is 6.55. The number of carbonyl (C=O) groups excluding carboxylic acids is 1. The molecule has 0 saturated carbocycles. The largest absolute Gasteiger partial charge is 0.411 e. The zero-order valence-electron chi connectivity index (χ0n) is 20.9. The van der Waals surface area contributed by atoms with Gasteiger partial charge in [0.25, 0.3) is 0 Å². The van der Waals surface area contributed by atoms with Crippen molar-refractivity contribution in [3.8, 4) is 0 Å². The molecule has 4 nitrogen and oxygen atoms in total. The highest BCUT2D eigenvalue weighted by atomic mass is 28.4. The van der Waals surface area contributed by atoms with E-state index in [1.54, 1.807) is 0 Å². The first kappa shape index (κ1) is 27.5. The van der Waals surface area contributed by atoms with E-state index >= 15 is 0 Å². The van der Waals surface area contributed by atoms with Crippen LogP contribution in [0.4, 0.5) is 0 Å². The van der Waals surface area contributed by atoms with Crippen LogP contribution in [-0.2, 0) is 31.9 Å². The molecule has 182 valence electrons. The maximum absolute atomic E-state index is 11.5. The van der Waals surface area contributed by atoms with E-state index in [1.165, 1.54) is 5.56 Å². The van der Waals surface area contributed by atoms with Gasteiger partial charge in [-0.05, 0) is 42.1 Å². The lowest BCUT2D eigenvalue weighted by Gasteiger charge is -2.37. The third-order valence-corrected chi connectivity index (χ3v) is 11.2. The Kier molecular flexibility index (Phi) is 12.6. The van der Waals surface area contributed by atoms with Gasteiger partial charge in [0.15, 0.2) is 8.32 Å². The van der Waals surface area contributed by atoms with Crippen LogP contribution in [0, 0.1) is 5.92 Å². The number of ether oxygens (including phenoxy) is 2. The fourth-order valence-electron chi connectivity index (χ4n) is 4.13. The number of aldehydes is 1. The third kappa shape index (κ3) is 9.53. The molecule has 0 spiro atoms. The molecule has 0 amide bonds. The van der Waals surface area contributed by atoms with Gasteiger partial charge in [-0.3, -0.25) is 0 Å². The number of carbonyl (C=O) groups is 1. The molecule has 3 atom stereocenters. The molecule has 0 unspecified atom stereocenters. The molecule has 0 heterocycles. The molecule has 0 bridgehead atoms. The Balaban J connectivity index is 2.13. The first-order valence-corrected chi connectivity index (χ1v) is 15.0. The van der Waals surface area contributed by atoms with Crippen LogP contribution >= 0.6 is 0 Å². The van der Waals surface area contributed by atoms with Crippen molar-refractivity contribution in [1.82, 2.24) is 0 Å². The van der Waals surface area contributed by atoms with Crippen LogP contribution < -0.4 is 0 Å². The van der Waals surface area contributed by atoms with Crippen molar-refractivity contribution in [1.29, 1.82) is 0 Å². The standard InChI is InChI=1S/C28H42O4Si/c1-5-33(6-2,7-3)32-27(18-19-30-22-25-14-10-8-11-15-25)28(20-24(4)21-29)31-23-26-16-12-9-13-17-26/h8-17,21,24,27-28H,5-7,18-20,22-23H2,1-4H3/t24-,27-,28-/m1/s1. The highest BCUT2D eigenvalue weighted by Crippen LogP contribution is 2.28. The minimum Gasteiger partial charge on any atom is -0.411 e. The minimum absolute atomic E-state index is 0.0805. The molecule has 5 heteroatoms. The summed E-state index contributed by atoms with van der Waals surface area (Å²) >= 11 is 0. The number of benzene rings is 2. The molecule has 0 radical (unpaired) electrons. The topological polar surface area (TPSA) is 44.8 Å². The highest BCUT2D eigenvalue weighted by molar-refractivity contribution is 6.73. The van der Waals surface area contributed by atoms with E-state index in [-0.39, 0.29) is 18.1 Å². The molecule has 0 aliphatic heterocycles. The fourth-order valence-corrected chi connectivity index (χ4v) is 7.04. The van der Waals surface area contributed by atoms with Crippen LogP contribution in [0.3, 0.4) is 0 Å². The first-order valence-electron chi connectivity index (χ1n) is 12.5. The van der Waals surface area contributed by atoms with Gasteiger partial charge >= 0.3 is 0 Å². The van der Waals surface area contributed by atoms with Crippen molar-refractivity contribution in [2.45, 2.75) is 84.1 Å². The zero-order valence-corrected chi connectivity index (χ0v) is 21.9. The Morgan fingerprint density at radius 2 is 1.36 bits per heavy atom. The molecule has 0 aliphatic rings. The normalized spacial score (nSPS) is 14.5. The molecule has 2 rings (SSSR count). The Bertz CT molecular complexity index is 756. The molecule has 0 fully saturated rings. The van der Waals surface area contributed by atoms with Gasteiger partial charge in [0, 0.05) is 12.5 Å². The molecular formula is C28H42O4Si. The van der Waals surface area contributed by atoms with Crippen molar-refractivity contribution in [2.24, 2.45) is 5.92 Å². The predicted octanol–water partition coefficient (Wildman–Crippen LogP) is 6.79. The Hall–Kier alpha value is -1.79. The van der Waals surface area contributed by atoms with Crippen LogP contribution in [-0.4, -0.2) is 33.4 Å². The van der Waals surface area contributed by atoms with E-state index in [4.69, 9.17) is 13.9 Å². The summed E-state index contributed by atoms with van der Waals surface area (Å²) in [5.41, 5.74) is 2.30. The van der Waals surface area contributed by atoms with Gasteiger partial charge in [-0.25, -0.2) is 0 Å². The van der Waals surface area contributed by atoms with Crippen LogP contribution in [0.15, 0.2) is 60.7 Å². The summed E-state index contributed by atoms with van der Waals surface area (Å²) in [6, 6.07) is 23.7. The second-order valence-corrected chi connectivity index (χ2v) is 13.6. The van der Waals surface area contributed by atoms with E-state index in [1.807, 2.05) is 43.3 Å². The second-order valence-electron chi connectivity index (χ2n) is 8.91. The minimum atomic E-state index is -1.86. The lowest BCUT2D eigenvalue weighted by molar-refractivity contribution is -0.113. The summed E-state index contributed by atoms with van der Waals surface area (Å²) < 4.78 is 19.4. The lowest BCUT2D eigenvalue weighted by Crippen LogP contribution is -2.46. The summed E-state index contributed by atoms with van der Waals surface area (Å²) in [7, 11) is -1.86. The van der Waals surface area contributed by atoms with Gasteiger partial charge in [-0.2, -0.15) is 0 Å². The van der Waals surface area contributed by atoms with Gasteiger partial charge in [0.1, 0.15) is 6.29 Å². The van der Waals surface area contributed by atoms with E-state index < -0.39 is 8.32 Å². The second kappa shape index (κ2) is 15.2. The SMILES string of the molecule is CC[Si](CC)(CC)O[C@H](CCOCc1ccccc1)[C@@H](C[C@@H](C)C=O)OCc1ccccc1. The lowest BCUT2D eigenvalue weighted by atomic mass is 9.99. The maximum atomic E-state index is 11.5. The average Bonchev–Trinajstić information content (AvgIpc) is 2.87. The molecule has 0 aromatic heterocycles. The van der Waals surface area contributed by atoms with Crippen LogP contribution in [0.2, 0.25) is 18.1 Å². The molecule has 0 N–H and O–H groups in total. The first-order chi connectivity index (χ1) is 16.1. The monoisotopic (exact) mass is 470 g/mol. The van der Waals surface area contributed by atoms with Crippen LogP contribution in [0.5, 0.6) is 0 Å². The Morgan fingerprint density at radius 3 is 1.88 bits per heavy atom. The Labute approximate surface area is 201 Å². The van der Waals surface area contributed by atoms with E-state index in [0.29, 0.717) is 26.2 Å². The Morgan fingerprint density at radius 1 is 0.818 bits per heavy atom. The molecule has 2 aromatic carbocycles.